The minimum absolute atomic E-state index is 0.0371. The Kier molecular flexibility index (Phi) is 6.41. The number of terminal acetylenes is 1. The summed E-state index contributed by atoms with van der Waals surface area (Å²) in [6.07, 6.45) is 5.33. The summed E-state index contributed by atoms with van der Waals surface area (Å²) in [5.41, 5.74) is 5.05. The first kappa shape index (κ1) is 19.5. The van der Waals surface area contributed by atoms with Gasteiger partial charge in [0.25, 0.3) is 0 Å². The molecule has 136 valence electrons. The van der Waals surface area contributed by atoms with E-state index < -0.39 is 12.0 Å². The zero-order valence-electron chi connectivity index (χ0n) is 15.7. The van der Waals surface area contributed by atoms with Crippen LogP contribution in [0.4, 0.5) is 4.39 Å². The maximum absolute atomic E-state index is 14.8. The van der Waals surface area contributed by atoms with Crippen LogP contribution in [0.25, 0.3) is 11.1 Å². The number of hydrogen-bond acceptors (Lipinski definition) is 3. The molecule has 0 heterocycles. The van der Waals surface area contributed by atoms with Crippen LogP contribution in [-0.4, -0.2) is 12.6 Å². The van der Waals surface area contributed by atoms with Crippen LogP contribution in [-0.2, 0) is 9.53 Å². The number of hydrogen-bond donors (Lipinski definition) is 1. The highest BCUT2D eigenvalue weighted by Crippen LogP contribution is 2.33. The minimum Gasteiger partial charge on any atom is -0.466 e. The first-order chi connectivity index (χ1) is 12.4. The molecule has 2 aromatic rings. The van der Waals surface area contributed by atoms with Crippen LogP contribution in [0.3, 0.4) is 0 Å². The molecule has 0 saturated heterocycles. The molecule has 1 unspecified atom stereocenters. The molecule has 0 aliphatic carbocycles. The van der Waals surface area contributed by atoms with Gasteiger partial charge in [-0.2, -0.15) is 0 Å². The lowest BCUT2D eigenvalue weighted by atomic mass is 9.90. The van der Waals surface area contributed by atoms with Gasteiger partial charge in [-0.25, -0.2) is 4.39 Å². The molecule has 2 rings (SSSR count). The predicted octanol–water partition coefficient (Wildman–Crippen LogP) is 4.59. The van der Waals surface area contributed by atoms with Crippen molar-refractivity contribution in [1.29, 1.82) is 0 Å². The van der Waals surface area contributed by atoms with Crippen molar-refractivity contribution in [3.8, 4) is 23.6 Å². The molecule has 26 heavy (non-hydrogen) atoms. The highest BCUT2D eigenvalue weighted by molar-refractivity contribution is 5.73. The Bertz CT molecular complexity index is 832. The van der Waals surface area contributed by atoms with E-state index in [4.69, 9.17) is 11.2 Å². The Morgan fingerprint density at radius 3 is 2.46 bits per heavy atom. The molecular formula is C22H24FNO2. The fourth-order valence-electron chi connectivity index (χ4n) is 3.19. The second-order valence-electron chi connectivity index (χ2n) is 6.31. The molecule has 0 amide bonds. The van der Waals surface area contributed by atoms with Gasteiger partial charge >= 0.3 is 5.97 Å². The summed E-state index contributed by atoms with van der Waals surface area (Å²) in [5, 5.41) is 2.75. The number of carbonyl (C=O) groups is 1. The Morgan fingerprint density at radius 2 is 1.88 bits per heavy atom. The second-order valence-corrected chi connectivity index (χ2v) is 6.31. The van der Waals surface area contributed by atoms with Gasteiger partial charge in [0, 0.05) is 11.6 Å². The van der Waals surface area contributed by atoms with Crippen molar-refractivity contribution in [2.45, 2.75) is 40.2 Å². The van der Waals surface area contributed by atoms with Gasteiger partial charge in [0.1, 0.15) is 5.82 Å². The number of carbonyl (C=O) groups excluding carboxylic acids is 1. The maximum atomic E-state index is 14.8. The van der Waals surface area contributed by atoms with E-state index in [1.54, 1.807) is 19.9 Å². The van der Waals surface area contributed by atoms with E-state index in [0.717, 1.165) is 22.3 Å². The number of rotatable bonds is 6. The lowest BCUT2D eigenvalue weighted by Crippen LogP contribution is -2.22. The monoisotopic (exact) mass is 353 g/mol. The number of nitrogens with one attached hydrogen (secondary N) is 1. The summed E-state index contributed by atoms with van der Waals surface area (Å²) in [6, 6.07) is 11.3. The van der Waals surface area contributed by atoms with Crippen LogP contribution in [0.15, 0.2) is 30.3 Å². The smallest absolute Gasteiger partial charge is 0.308 e. The molecule has 0 aliphatic rings. The molecule has 0 bridgehead atoms. The summed E-state index contributed by atoms with van der Waals surface area (Å²) >= 11 is 0. The van der Waals surface area contributed by atoms with Crippen molar-refractivity contribution < 1.29 is 13.9 Å². The van der Waals surface area contributed by atoms with Crippen LogP contribution >= 0.6 is 0 Å². The largest absolute Gasteiger partial charge is 0.466 e. The first-order valence-corrected chi connectivity index (χ1v) is 8.62. The third-order valence-electron chi connectivity index (χ3n) is 4.36. The number of esters is 1. The van der Waals surface area contributed by atoms with E-state index in [2.05, 4.69) is 11.4 Å². The van der Waals surface area contributed by atoms with Crippen molar-refractivity contribution >= 4 is 5.97 Å². The molecule has 3 nitrogen and oxygen atoms in total. The summed E-state index contributed by atoms with van der Waals surface area (Å²) < 4.78 is 19.8. The average molecular weight is 353 g/mol. The molecule has 0 spiro atoms. The number of halogens is 1. The summed E-state index contributed by atoms with van der Waals surface area (Å²) in [5.74, 6) is -0.785. The molecule has 1 atom stereocenters. The SMILES string of the molecule is C#CNC(CC(=O)OCC)c1cc(-c2c(C)cccc2C)cc(C)c1F. The van der Waals surface area contributed by atoms with E-state index in [1.807, 2.05) is 38.1 Å². The molecule has 0 aliphatic heterocycles. The van der Waals surface area contributed by atoms with Gasteiger partial charge in [-0.15, -0.1) is 0 Å². The molecule has 4 heteroatoms. The van der Waals surface area contributed by atoms with E-state index in [1.165, 1.54) is 0 Å². The first-order valence-electron chi connectivity index (χ1n) is 8.62. The predicted molar refractivity (Wildman–Crippen MR) is 102 cm³/mol. The van der Waals surface area contributed by atoms with Crippen molar-refractivity contribution in [3.63, 3.8) is 0 Å². The molecule has 2 aromatic carbocycles. The van der Waals surface area contributed by atoms with Crippen LogP contribution in [0.2, 0.25) is 0 Å². The highest BCUT2D eigenvalue weighted by Gasteiger charge is 2.22. The average Bonchev–Trinajstić information content (AvgIpc) is 2.57. The molecule has 0 saturated carbocycles. The zero-order chi connectivity index (χ0) is 19.3. The Balaban J connectivity index is 2.56. The Morgan fingerprint density at radius 1 is 1.23 bits per heavy atom. The molecule has 0 fully saturated rings. The highest BCUT2D eigenvalue weighted by atomic mass is 19.1. The number of aryl methyl sites for hydroxylation is 3. The normalized spacial score (nSPS) is 11.5. The molecular weight excluding hydrogens is 329 g/mol. The fraction of sp³-hybridized carbons (Fsp3) is 0.318. The Hall–Kier alpha value is -2.80. The van der Waals surface area contributed by atoms with Gasteiger partial charge < -0.3 is 10.1 Å². The van der Waals surface area contributed by atoms with E-state index in [0.29, 0.717) is 11.1 Å². The van der Waals surface area contributed by atoms with E-state index >= 15 is 0 Å². The van der Waals surface area contributed by atoms with Gasteiger partial charge in [-0.3, -0.25) is 4.79 Å². The summed E-state index contributed by atoms with van der Waals surface area (Å²) in [7, 11) is 0. The van der Waals surface area contributed by atoms with E-state index in [9.17, 15) is 9.18 Å². The molecule has 0 radical (unpaired) electrons. The lowest BCUT2D eigenvalue weighted by molar-refractivity contribution is -0.143. The lowest BCUT2D eigenvalue weighted by Gasteiger charge is -2.20. The van der Waals surface area contributed by atoms with Crippen LogP contribution in [0.1, 0.15) is 41.6 Å². The van der Waals surface area contributed by atoms with Crippen molar-refractivity contribution in [3.05, 3.63) is 58.4 Å². The van der Waals surface area contributed by atoms with Crippen LogP contribution in [0.5, 0.6) is 0 Å². The minimum atomic E-state index is -0.651. The van der Waals surface area contributed by atoms with Crippen molar-refractivity contribution in [2.24, 2.45) is 0 Å². The quantitative estimate of drug-likeness (QED) is 0.469. The van der Waals surface area contributed by atoms with E-state index in [-0.39, 0.29) is 18.8 Å². The van der Waals surface area contributed by atoms with Gasteiger partial charge in [0.15, 0.2) is 0 Å². The maximum Gasteiger partial charge on any atom is 0.308 e. The zero-order valence-corrected chi connectivity index (χ0v) is 15.7. The molecule has 0 aromatic heterocycles. The van der Waals surface area contributed by atoms with Gasteiger partial charge in [0.05, 0.1) is 19.1 Å². The van der Waals surface area contributed by atoms with Crippen LogP contribution < -0.4 is 5.32 Å². The van der Waals surface area contributed by atoms with Crippen molar-refractivity contribution in [2.75, 3.05) is 6.61 Å². The van der Waals surface area contributed by atoms with Crippen LogP contribution in [0, 0.1) is 39.1 Å². The van der Waals surface area contributed by atoms with Gasteiger partial charge in [-0.1, -0.05) is 24.6 Å². The topological polar surface area (TPSA) is 38.3 Å². The summed E-state index contributed by atoms with van der Waals surface area (Å²) in [6.45, 7) is 7.76. The molecule has 1 N–H and O–H groups in total. The standard InChI is InChI=1S/C22H24FNO2/c1-6-24-19(13-20(25)26-7-2)18-12-17(11-16(5)22(18)23)21-14(3)9-8-10-15(21)4/h1,8-12,19,24H,7,13H2,2-5H3. The third-order valence-corrected chi connectivity index (χ3v) is 4.36. The fourth-order valence-corrected chi connectivity index (χ4v) is 3.19. The number of ether oxygens (including phenoxy) is 1. The van der Waals surface area contributed by atoms with Crippen molar-refractivity contribution in [1.82, 2.24) is 5.32 Å². The summed E-state index contributed by atoms with van der Waals surface area (Å²) in [4.78, 5) is 11.9. The van der Waals surface area contributed by atoms with Gasteiger partial charge in [-0.05, 0) is 67.6 Å². The third kappa shape index (κ3) is 4.23. The van der Waals surface area contributed by atoms with Gasteiger partial charge in [0.2, 0.25) is 0 Å². The number of benzene rings is 2. The Labute approximate surface area is 154 Å². The second kappa shape index (κ2) is 8.53.